The number of fused-ring (bicyclic) bond motifs is 9. The van der Waals surface area contributed by atoms with Gasteiger partial charge >= 0.3 is 0 Å². The standard InChI is InChI=1S/C57H58N6/c1-34-25-27-49-42(29-34)43-30-35(2)26-28-50(43)63(49)52-32-51(62-47-23-12-9-17-38(47)39-18-10-13-24-48(39)62)37(33-58)31-44(52)56-60-54(36-15-6-5-7-16-36)59-55(61-56)41-20-14-22-46-53(41)40-19-8-11-21-45(40)57(46,3)4/h5-15,17-18,20,23-29,31-32,35-36,40-41,45-46,53-56,59-61H,16,19,21-22,30H2,1-4H3. The molecule has 2 aromatic heterocycles. The van der Waals surface area contributed by atoms with Crippen LogP contribution in [0.3, 0.4) is 0 Å². The van der Waals surface area contributed by atoms with Crippen molar-refractivity contribution in [3.05, 3.63) is 161 Å². The van der Waals surface area contributed by atoms with Crippen LogP contribution in [0.15, 0.2) is 134 Å². The maximum absolute atomic E-state index is 11.3. The summed E-state index contributed by atoms with van der Waals surface area (Å²) in [6.45, 7) is 9.65. The summed E-state index contributed by atoms with van der Waals surface area (Å²) in [5.74, 6) is 3.63. The van der Waals surface area contributed by atoms with Crippen molar-refractivity contribution < 1.29 is 0 Å². The summed E-state index contributed by atoms with van der Waals surface area (Å²) in [7, 11) is 0. The van der Waals surface area contributed by atoms with Gasteiger partial charge in [-0.2, -0.15) is 5.26 Å². The highest BCUT2D eigenvalue weighted by molar-refractivity contribution is 6.09. The van der Waals surface area contributed by atoms with Gasteiger partial charge in [0.2, 0.25) is 0 Å². The molecule has 1 saturated carbocycles. The predicted octanol–water partition coefficient (Wildman–Crippen LogP) is 12.1. The molecule has 0 radical (unpaired) electrons. The average molecular weight is 827 g/mol. The highest BCUT2D eigenvalue weighted by Crippen LogP contribution is 2.63. The highest BCUT2D eigenvalue weighted by atomic mass is 15.4. The van der Waals surface area contributed by atoms with Crippen LogP contribution in [0.5, 0.6) is 0 Å². The SMILES string of the molecule is Cc1ccc2c(c1)c1c(n2-c2cc(-n3c4ccccc4c4ccccc43)c(C#N)cc2C2NC(C3C=CC=CC3)NC(C3C=CCC4C3C3CC=CCC3C4(C)C)N2)C=CC(C)C1. The molecule has 0 amide bonds. The maximum atomic E-state index is 11.3. The lowest BCUT2D eigenvalue weighted by atomic mass is 9.67. The van der Waals surface area contributed by atoms with Gasteiger partial charge in [-0.25, -0.2) is 0 Å². The van der Waals surface area contributed by atoms with E-state index in [1.54, 1.807) is 0 Å². The minimum atomic E-state index is -0.245. The number of benzene rings is 4. The highest BCUT2D eigenvalue weighted by Gasteiger charge is 2.58. The van der Waals surface area contributed by atoms with Gasteiger partial charge in [-0.1, -0.05) is 123 Å². The number of nitrogens with zero attached hydrogens (tertiary/aromatic N) is 3. The van der Waals surface area contributed by atoms with Crippen LogP contribution in [0, 0.1) is 65.1 Å². The van der Waals surface area contributed by atoms with Crippen molar-refractivity contribution in [1.29, 1.82) is 5.26 Å². The Morgan fingerprint density at radius 2 is 1.43 bits per heavy atom. The molecule has 10 unspecified atom stereocenters. The molecule has 10 atom stereocenters. The molecule has 5 aliphatic carbocycles. The molecule has 63 heavy (non-hydrogen) atoms. The summed E-state index contributed by atoms with van der Waals surface area (Å²) < 4.78 is 4.85. The van der Waals surface area contributed by atoms with E-state index in [9.17, 15) is 5.26 Å². The molecule has 1 saturated heterocycles. The van der Waals surface area contributed by atoms with Gasteiger partial charge in [-0.15, -0.1) is 0 Å². The van der Waals surface area contributed by atoms with E-state index in [0.29, 0.717) is 41.1 Å². The Balaban J connectivity index is 1.09. The Morgan fingerprint density at radius 3 is 2.21 bits per heavy atom. The van der Waals surface area contributed by atoms with Gasteiger partial charge in [0.05, 0.1) is 52.0 Å². The Morgan fingerprint density at radius 1 is 0.683 bits per heavy atom. The second kappa shape index (κ2) is 14.9. The van der Waals surface area contributed by atoms with Crippen molar-refractivity contribution in [3.8, 4) is 17.4 Å². The Bertz CT molecular complexity index is 2960. The first-order valence-electron chi connectivity index (χ1n) is 23.6. The maximum Gasteiger partial charge on any atom is 0.101 e. The number of para-hydroxylation sites is 2. The van der Waals surface area contributed by atoms with Gasteiger partial charge < -0.3 is 9.13 Å². The third-order valence-electron chi connectivity index (χ3n) is 16.4. The average Bonchev–Trinajstić information content (AvgIpc) is 3.91. The second-order valence-electron chi connectivity index (χ2n) is 20.2. The summed E-state index contributed by atoms with van der Waals surface area (Å²) in [4.78, 5) is 0. The molecule has 6 aliphatic rings. The smallest absolute Gasteiger partial charge is 0.101 e. The fraction of sp³-hybridized carbons (Fsp3) is 0.351. The third-order valence-corrected chi connectivity index (χ3v) is 16.4. The number of nitrogens with one attached hydrogen (secondary N) is 3. The lowest BCUT2D eigenvalue weighted by Crippen LogP contribution is -2.68. The monoisotopic (exact) mass is 826 g/mol. The fourth-order valence-corrected chi connectivity index (χ4v) is 13.5. The summed E-state index contributed by atoms with van der Waals surface area (Å²) in [5.41, 5.74) is 11.3. The Hall–Kier alpha value is -5.71. The van der Waals surface area contributed by atoms with E-state index in [1.807, 2.05) is 0 Å². The summed E-state index contributed by atoms with van der Waals surface area (Å²) in [6, 6.07) is 31.5. The van der Waals surface area contributed by atoms with Gasteiger partial charge in [-0.05, 0) is 122 Å². The van der Waals surface area contributed by atoms with E-state index in [0.717, 1.165) is 47.2 Å². The van der Waals surface area contributed by atoms with Crippen molar-refractivity contribution in [2.24, 2.45) is 46.8 Å². The van der Waals surface area contributed by atoms with Crippen LogP contribution in [-0.2, 0) is 6.42 Å². The van der Waals surface area contributed by atoms with E-state index in [4.69, 9.17) is 0 Å². The molecule has 4 aromatic carbocycles. The molecular weight excluding hydrogens is 769 g/mol. The molecular formula is C57H58N6. The second-order valence-corrected chi connectivity index (χ2v) is 20.2. The quantitative estimate of drug-likeness (QED) is 0.151. The number of hydrogen-bond acceptors (Lipinski definition) is 4. The largest absolute Gasteiger partial charge is 0.309 e. The van der Waals surface area contributed by atoms with Crippen molar-refractivity contribution in [3.63, 3.8) is 0 Å². The molecule has 6 nitrogen and oxygen atoms in total. The lowest BCUT2D eigenvalue weighted by molar-refractivity contribution is 0.0815. The number of allylic oxidation sites excluding steroid dienone is 7. The van der Waals surface area contributed by atoms with E-state index in [2.05, 4.69) is 198 Å². The normalized spacial score (nSPS) is 30.5. The third kappa shape index (κ3) is 6.07. The molecule has 3 heterocycles. The first-order chi connectivity index (χ1) is 30.8. The molecule has 6 aromatic rings. The van der Waals surface area contributed by atoms with Crippen molar-refractivity contribution in [2.75, 3.05) is 0 Å². The van der Waals surface area contributed by atoms with Gasteiger partial charge in [0.25, 0.3) is 0 Å². The van der Waals surface area contributed by atoms with Gasteiger partial charge in [-0.3, -0.25) is 16.0 Å². The minimum absolute atomic E-state index is 0.0156. The number of aromatic nitrogens is 2. The molecule has 316 valence electrons. The zero-order valence-electron chi connectivity index (χ0n) is 36.9. The first-order valence-corrected chi connectivity index (χ1v) is 23.6. The van der Waals surface area contributed by atoms with E-state index >= 15 is 0 Å². The summed E-state index contributed by atoms with van der Waals surface area (Å²) in [6.07, 6.45) is 29.1. The minimum Gasteiger partial charge on any atom is -0.309 e. The molecule has 0 bridgehead atoms. The van der Waals surface area contributed by atoms with Crippen LogP contribution in [0.25, 0.3) is 50.2 Å². The zero-order chi connectivity index (χ0) is 42.6. The van der Waals surface area contributed by atoms with Crippen LogP contribution in [0.4, 0.5) is 0 Å². The Labute approximate surface area is 371 Å². The van der Waals surface area contributed by atoms with Crippen LogP contribution in [0.2, 0.25) is 0 Å². The van der Waals surface area contributed by atoms with Crippen LogP contribution in [-0.4, -0.2) is 21.5 Å². The van der Waals surface area contributed by atoms with E-state index in [-0.39, 0.29) is 29.8 Å². The number of rotatable bonds is 5. The number of hydrogen-bond donors (Lipinski definition) is 3. The summed E-state index contributed by atoms with van der Waals surface area (Å²) >= 11 is 0. The van der Waals surface area contributed by atoms with Crippen molar-refractivity contribution in [2.45, 2.75) is 78.3 Å². The molecule has 3 N–H and O–H groups in total. The molecule has 0 spiro atoms. The van der Waals surface area contributed by atoms with Gasteiger partial charge in [0.15, 0.2) is 0 Å². The van der Waals surface area contributed by atoms with E-state index in [1.165, 1.54) is 51.3 Å². The van der Waals surface area contributed by atoms with Gasteiger partial charge in [0, 0.05) is 39.3 Å². The zero-order valence-corrected chi connectivity index (χ0v) is 36.9. The molecule has 1 aliphatic heterocycles. The summed E-state index contributed by atoms with van der Waals surface area (Å²) in [5, 5.41) is 27.7. The van der Waals surface area contributed by atoms with Crippen LogP contribution >= 0.6 is 0 Å². The number of aryl methyl sites for hydroxylation is 1. The Kier molecular flexibility index (Phi) is 9.24. The topological polar surface area (TPSA) is 69.7 Å². The van der Waals surface area contributed by atoms with Crippen LogP contribution in [0.1, 0.15) is 80.6 Å². The lowest BCUT2D eigenvalue weighted by Gasteiger charge is -2.48. The van der Waals surface area contributed by atoms with Crippen molar-refractivity contribution in [1.82, 2.24) is 25.1 Å². The van der Waals surface area contributed by atoms with Gasteiger partial charge in [0.1, 0.15) is 6.07 Å². The molecule has 2 fully saturated rings. The first kappa shape index (κ1) is 38.9. The predicted molar refractivity (Wildman–Crippen MR) is 258 cm³/mol. The fourth-order valence-electron chi connectivity index (χ4n) is 13.5. The number of nitriles is 1. The molecule has 6 heteroatoms. The van der Waals surface area contributed by atoms with E-state index < -0.39 is 0 Å². The molecule has 12 rings (SSSR count). The van der Waals surface area contributed by atoms with Crippen molar-refractivity contribution >= 4 is 38.8 Å². The van der Waals surface area contributed by atoms with Crippen LogP contribution < -0.4 is 16.0 Å².